The number of hydrogen-bond donors (Lipinski definition) is 1. The number of nitrogens with two attached hydrogens (primary N) is 1. The molecule has 0 aromatic heterocycles. The molecule has 3 heteroatoms. The van der Waals surface area contributed by atoms with Crippen molar-refractivity contribution in [2.24, 2.45) is 11.7 Å². The minimum absolute atomic E-state index is 0.488. The van der Waals surface area contributed by atoms with Crippen LogP contribution in [0, 0.1) is 17.6 Å². The van der Waals surface area contributed by atoms with Crippen molar-refractivity contribution in [3.05, 3.63) is 35.4 Å². The first-order valence-electron chi connectivity index (χ1n) is 6.79. The molecule has 1 aliphatic carbocycles. The minimum Gasteiger partial charge on any atom is -0.321 e. The van der Waals surface area contributed by atoms with Crippen LogP contribution in [0.4, 0.5) is 8.78 Å². The molecule has 2 atom stereocenters. The fourth-order valence-electron chi connectivity index (χ4n) is 2.94. The molecule has 2 unspecified atom stereocenters. The Kier molecular flexibility index (Phi) is 4.00. The van der Waals surface area contributed by atoms with Gasteiger partial charge in [0.25, 0.3) is 0 Å². The Bertz CT molecular complexity index is 419. The third-order valence-electron chi connectivity index (χ3n) is 4.31. The Morgan fingerprint density at radius 1 is 1.22 bits per heavy atom. The summed E-state index contributed by atoms with van der Waals surface area (Å²) in [5.74, 6) is -0.878. The van der Waals surface area contributed by atoms with Gasteiger partial charge in [-0.25, -0.2) is 8.78 Å². The summed E-state index contributed by atoms with van der Waals surface area (Å²) in [4.78, 5) is 0. The highest BCUT2D eigenvalue weighted by atomic mass is 19.2. The van der Waals surface area contributed by atoms with E-state index in [4.69, 9.17) is 5.73 Å². The summed E-state index contributed by atoms with van der Waals surface area (Å²) in [5.41, 5.74) is 6.67. The van der Waals surface area contributed by atoms with Gasteiger partial charge in [-0.3, -0.25) is 0 Å². The Balaban J connectivity index is 2.21. The minimum atomic E-state index is -0.803. The predicted molar refractivity (Wildman–Crippen MR) is 69.1 cm³/mol. The largest absolute Gasteiger partial charge is 0.321 e. The normalized spacial score (nSPS) is 29.0. The van der Waals surface area contributed by atoms with E-state index in [-0.39, 0.29) is 0 Å². The zero-order chi connectivity index (χ0) is 13.2. The quantitative estimate of drug-likeness (QED) is 0.789. The molecule has 1 aromatic rings. The molecule has 1 fully saturated rings. The smallest absolute Gasteiger partial charge is 0.159 e. The topological polar surface area (TPSA) is 26.0 Å². The van der Waals surface area contributed by atoms with Crippen LogP contribution in [0.3, 0.4) is 0 Å². The second-order valence-electron chi connectivity index (χ2n) is 5.49. The van der Waals surface area contributed by atoms with E-state index < -0.39 is 17.2 Å². The molecule has 0 saturated heterocycles. The standard InChI is InChI=1S/C15H21F2N/c1-2-11-4-3-8-15(18,9-7-11)12-5-6-13(16)14(17)10-12/h5-6,10-11H,2-4,7-9,18H2,1H3. The summed E-state index contributed by atoms with van der Waals surface area (Å²) in [7, 11) is 0. The van der Waals surface area contributed by atoms with Gasteiger partial charge in [-0.05, 0) is 42.9 Å². The molecule has 0 radical (unpaired) electrons. The van der Waals surface area contributed by atoms with Gasteiger partial charge in [-0.1, -0.05) is 32.3 Å². The van der Waals surface area contributed by atoms with E-state index in [2.05, 4.69) is 6.92 Å². The molecule has 1 aromatic carbocycles. The second-order valence-corrected chi connectivity index (χ2v) is 5.49. The van der Waals surface area contributed by atoms with Gasteiger partial charge < -0.3 is 5.73 Å². The first-order valence-corrected chi connectivity index (χ1v) is 6.79. The SMILES string of the molecule is CCC1CCCC(N)(c2ccc(F)c(F)c2)CC1. The summed E-state index contributed by atoms with van der Waals surface area (Å²) in [5, 5.41) is 0. The summed E-state index contributed by atoms with van der Waals surface area (Å²) in [6.45, 7) is 2.20. The lowest BCUT2D eigenvalue weighted by molar-refractivity contribution is 0.368. The Labute approximate surface area is 107 Å². The lowest BCUT2D eigenvalue weighted by atomic mass is 9.83. The number of benzene rings is 1. The molecule has 0 aliphatic heterocycles. The molecule has 1 aliphatic rings. The summed E-state index contributed by atoms with van der Waals surface area (Å²) >= 11 is 0. The average Bonchev–Trinajstić information content (AvgIpc) is 2.55. The number of halogens is 2. The molecule has 0 spiro atoms. The summed E-state index contributed by atoms with van der Waals surface area (Å²) in [6.07, 6.45) is 6.22. The van der Waals surface area contributed by atoms with Crippen LogP contribution in [-0.4, -0.2) is 0 Å². The zero-order valence-electron chi connectivity index (χ0n) is 10.9. The highest BCUT2D eigenvalue weighted by Gasteiger charge is 2.31. The van der Waals surface area contributed by atoms with Crippen LogP contribution in [0.25, 0.3) is 0 Å². The van der Waals surface area contributed by atoms with E-state index in [1.54, 1.807) is 6.07 Å². The maximum absolute atomic E-state index is 13.3. The van der Waals surface area contributed by atoms with Crippen molar-refractivity contribution in [1.29, 1.82) is 0 Å². The number of rotatable bonds is 2. The summed E-state index contributed by atoms with van der Waals surface area (Å²) < 4.78 is 26.3. The van der Waals surface area contributed by atoms with E-state index in [0.717, 1.165) is 37.2 Å². The van der Waals surface area contributed by atoms with Crippen LogP contribution >= 0.6 is 0 Å². The fourth-order valence-corrected chi connectivity index (χ4v) is 2.94. The van der Waals surface area contributed by atoms with Crippen molar-refractivity contribution in [1.82, 2.24) is 0 Å². The highest BCUT2D eigenvalue weighted by Crippen LogP contribution is 2.37. The van der Waals surface area contributed by atoms with Crippen LogP contribution < -0.4 is 5.73 Å². The lowest BCUT2D eigenvalue weighted by Gasteiger charge is -2.29. The van der Waals surface area contributed by atoms with E-state index in [0.29, 0.717) is 0 Å². The monoisotopic (exact) mass is 253 g/mol. The molecule has 100 valence electrons. The number of hydrogen-bond acceptors (Lipinski definition) is 1. The maximum atomic E-state index is 13.3. The van der Waals surface area contributed by atoms with Gasteiger partial charge in [0.15, 0.2) is 11.6 Å². The summed E-state index contributed by atoms with van der Waals surface area (Å²) in [6, 6.07) is 4.08. The van der Waals surface area contributed by atoms with E-state index in [1.807, 2.05) is 0 Å². The van der Waals surface area contributed by atoms with Crippen LogP contribution in [-0.2, 0) is 5.54 Å². The second kappa shape index (κ2) is 5.35. The molecule has 2 N–H and O–H groups in total. The van der Waals surface area contributed by atoms with Crippen LogP contribution in [0.1, 0.15) is 51.0 Å². The molecular formula is C15H21F2N. The average molecular weight is 253 g/mol. The molecule has 1 saturated carbocycles. The van der Waals surface area contributed by atoms with Crippen molar-refractivity contribution in [2.75, 3.05) is 0 Å². The molecular weight excluding hydrogens is 232 g/mol. The van der Waals surface area contributed by atoms with Gasteiger partial charge >= 0.3 is 0 Å². The fraction of sp³-hybridized carbons (Fsp3) is 0.600. The van der Waals surface area contributed by atoms with Crippen LogP contribution in [0.5, 0.6) is 0 Å². The Morgan fingerprint density at radius 2 is 2.00 bits per heavy atom. The van der Waals surface area contributed by atoms with E-state index >= 15 is 0 Å². The molecule has 0 bridgehead atoms. The molecule has 2 rings (SSSR count). The van der Waals surface area contributed by atoms with Gasteiger partial charge in [-0.15, -0.1) is 0 Å². The van der Waals surface area contributed by atoms with Crippen molar-refractivity contribution in [3.8, 4) is 0 Å². The Hall–Kier alpha value is -0.960. The van der Waals surface area contributed by atoms with Crippen molar-refractivity contribution >= 4 is 0 Å². The third kappa shape index (κ3) is 2.72. The van der Waals surface area contributed by atoms with Crippen molar-refractivity contribution < 1.29 is 8.78 Å². The van der Waals surface area contributed by atoms with Crippen LogP contribution in [0.2, 0.25) is 0 Å². The molecule has 18 heavy (non-hydrogen) atoms. The van der Waals surface area contributed by atoms with Gasteiger partial charge in [0, 0.05) is 5.54 Å². The molecule has 0 amide bonds. The molecule has 1 nitrogen and oxygen atoms in total. The maximum Gasteiger partial charge on any atom is 0.159 e. The predicted octanol–water partition coefficient (Wildman–Crippen LogP) is 4.11. The van der Waals surface area contributed by atoms with Gasteiger partial charge in [0.05, 0.1) is 0 Å². The first-order chi connectivity index (χ1) is 8.55. The van der Waals surface area contributed by atoms with Gasteiger partial charge in [-0.2, -0.15) is 0 Å². The zero-order valence-corrected chi connectivity index (χ0v) is 10.9. The first kappa shape index (κ1) is 13.5. The lowest BCUT2D eigenvalue weighted by Crippen LogP contribution is -2.36. The van der Waals surface area contributed by atoms with E-state index in [1.165, 1.54) is 25.0 Å². The van der Waals surface area contributed by atoms with Crippen molar-refractivity contribution in [2.45, 2.75) is 51.0 Å². The van der Waals surface area contributed by atoms with Gasteiger partial charge in [0.1, 0.15) is 0 Å². The van der Waals surface area contributed by atoms with Gasteiger partial charge in [0.2, 0.25) is 0 Å². The van der Waals surface area contributed by atoms with Crippen LogP contribution in [0.15, 0.2) is 18.2 Å². The van der Waals surface area contributed by atoms with Crippen molar-refractivity contribution in [3.63, 3.8) is 0 Å². The highest BCUT2D eigenvalue weighted by molar-refractivity contribution is 5.26. The third-order valence-corrected chi connectivity index (χ3v) is 4.31. The Morgan fingerprint density at radius 3 is 2.67 bits per heavy atom. The van der Waals surface area contributed by atoms with E-state index in [9.17, 15) is 8.78 Å². The molecule has 0 heterocycles.